The van der Waals surface area contributed by atoms with Crippen molar-refractivity contribution < 1.29 is 0 Å². The Kier molecular flexibility index (Phi) is 4.12. The lowest BCUT2D eigenvalue weighted by atomic mass is 10.0. The van der Waals surface area contributed by atoms with Crippen LogP contribution in [0.2, 0.25) is 0 Å². The van der Waals surface area contributed by atoms with Gasteiger partial charge >= 0.3 is 0 Å². The van der Waals surface area contributed by atoms with E-state index in [1.54, 1.807) is 0 Å². The summed E-state index contributed by atoms with van der Waals surface area (Å²) in [5, 5.41) is 4.81. The van der Waals surface area contributed by atoms with Crippen molar-refractivity contribution in [3.05, 3.63) is 35.9 Å². The molecular formula is C16H22N2S. The number of benzene rings is 1. The van der Waals surface area contributed by atoms with Gasteiger partial charge in [-0.05, 0) is 24.3 Å². The molecule has 1 heterocycles. The van der Waals surface area contributed by atoms with Gasteiger partial charge in [0, 0.05) is 24.3 Å². The Bertz CT molecular complexity index is 443. The van der Waals surface area contributed by atoms with Crippen LogP contribution in [0.4, 0.5) is 0 Å². The van der Waals surface area contributed by atoms with Crippen LogP contribution in [0.3, 0.4) is 0 Å². The minimum atomic E-state index is 0.498. The van der Waals surface area contributed by atoms with Crippen molar-refractivity contribution >= 4 is 16.9 Å². The van der Waals surface area contributed by atoms with Crippen LogP contribution >= 0.6 is 11.8 Å². The highest BCUT2D eigenvalue weighted by Crippen LogP contribution is 2.32. The quantitative estimate of drug-likeness (QED) is 0.910. The minimum Gasteiger partial charge on any atom is -0.362 e. The highest BCUT2D eigenvalue weighted by molar-refractivity contribution is 8.13. The van der Waals surface area contributed by atoms with Crippen molar-refractivity contribution in [2.24, 2.45) is 10.9 Å². The SMILES string of the molecule is CC(CN=C1NC2CCCC2CS1)c1ccccc1. The van der Waals surface area contributed by atoms with Gasteiger partial charge in [-0.15, -0.1) is 0 Å². The Balaban J connectivity index is 1.57. The molecule has 2 nitrogen and oxygen atoms in total. The predicted molar refractivity (Wildman–Crippen MR) is 83.9 cm³/mol. The molecule has 2 aliphatic rings. The van der Waals surface area contributed by atoms with Crippen molar-refractivity contribution in [1.82, 2.24) is 5.32 Å². The van der Waals surface area contributed by atoms with Gasteiger partial charge in [0.25, 0.3) is 0 Å². The van der Waals surface area contributed by atoms with Crippen LogP contribution in [-0.2, 0) is 0 Å². The first-order valence-electron chi connectivity index (χ1n) is 7.31. The summed E-state index contributed by atoms with van der Waals surface area (Å²) in [5.41, 5.74) is 1.38. The molecule has 0 aromatic heterocycles. The zero-order valence-corrected chi connectivity index (χ0v) is 12.3. The van der Waals surface area contributed by atoms with Crippen molar-refractivity contribution in [2.45, 2.75) is 38.1 Å². The number of nitrogens with one attached hydrogen (secondary N) is 1. The van der Waals surface area contributed by atoms with E-state index in [9.17, 15) is 0 Å². The number of fused-ring (bicyclic) bond motifs is 1. The molecule has 1 saturated carbocycles. The zero-order chi connectivity index (χ0) is 13.1. The third kappa shape index (κ3) is 3.14. The van der Waals surface area contributed by atoms with Gasteiger partial charge in [-0.2, -0.15) is 0 Å². The molecule has 2 fully saturated rings. The molecule has 0 spiro atoms. The second kappa shape index (κ2) is 6.00. The molecular weight excluding hydrogens is 252 g/mol. The number of rotatable bonds is 3. The molecule has 1 aromatic rings. The van der Waals surface area contributed by atoms with E-state index in [4.69, 9.17) is 4.99 Å². The number of thioether (sulfide) groups is 1. The summed E-state index contributed by atoms with van der Waals surface area (Å²) in [5.74, 6) is 2.64. The van der Waals surface area contributed by atoms with Crippen LogP contribution < -0.4 is 5.32 Å². The van der Waals surface area contributed by atoms with E-state index >= 15 is 0 Å². The van der Waals surface area contributed by atoms with E-state index in [0.29, 0.717) is 12.0 Å². The highest BCUT2D eigenvalue weighted by atomic mass is 32.2. The summed E-state index contributed by atoms with van der Waals surface area (Å²) in [4.78, 5) is 4.79. The van der Waals surface area contributed by atoms with Crippen molar-refractivity contribution in [1.29, 1.82) is 0 Å². The number of hydrogen-bond donors (Lipinski definition) is 1. The smallest absolute Gasteiger partial charge is 0.156 e. The number of amidine groups is 1. The number of hydrogen-bond acceptors (Lipinski definition) is 2. The highest BCUT2D eigenvalue weighted by Gasteiger charge is 2.31. The standard InChI is InChI=1S/C16H22N2S/c1-12(13-6-3-2-4-7-13)10-17-16-18-15-9-5-8-14(15)11-19-16/h2-4,6-7,12,14-15H,5,8-11H2,1H3,(H,17,18). The molecule has 1 aliphatic carbocycles. The van der Waals surface area contributed by atoms with Gasteiger partial charge in [0.05, 0.1) is 0 Å². The van der Waals surface area contributed by atoms with Gasteiger partial charge in [-0.1, -0.05) is 55.4 Å². The van der Waals surface area contributed by atoms with Crippen molar-refractivity contribution in [3.8, 4) is 0 Å². The minimum absolute atomic E-state index is 0.498. The third-order valence-corrected chi connectivity index (χ3v) is 5.39. The Morgan fingerprint density at radius 3 is 3.00 bits per heavy atom. The Hall–Kier alpha value is -0.960. The van der Waals surface area contributed by atoms with Gasteiger partial charge in [-0.25, -0.2) is 0 Å². The molecule has 3 heteroatoms. The molecule has 1 saturated heterocycles. The first-order valence-corrected chi connectivity index (χ1v) is 8.30. The lowest BCUT2D eigenvalue weighted by molar-refractivity contribution is 0.489. The normalized spacial score (nSPS) is 29.8. The fourth-order valence-electron chi connectivity index (χ4n) is 3.01. The second-order valence-electron chi connectivity index (χ2n) is 5.71. The van der Waals surface area contributed by atoms with E-state index in [1.165, 1.54) is 35.7 Å². The maximum atomic E-state index is 4.79. The van der Waals surface area contributed by atoms with E-state index in [1.807, 2.05) is 11.8 Å². The van der Waals surface area contributed by atoms with E-state index in [-0.39, 0.29) is 0 Å². The fraction of sp³-hybridized carbons (Fsp3) is 0.562. The molecule has 3 unspecified atom stereocenters. The monoisotopic (exact) mass is 274 g/mol. The van der Waals surface area contributed by atoms with Crippen LogP contribution in [0.1, 0.15) is 37.7 Å². The fourth-order valence-corrected chi connectivity index (χ4v) is 4.18. The molecule has 3 atom stereocenters. The maximum Gasteiger partial charge on any atom is 0.156 e. The second-order valence-corrected chi connectivity index (χ2v) is 6.72. The molecule has 19 heavy (non-hydrogen) atoms. The number of aliphatic imine (C=N–C) groups is 1. The molecule has 1 N–H and O–H groups in total. The summed E-state index contributed by atoms with van der Waals surface area (Å²) in [6.45, 7) is 3.14. The largest absolute Gasteiger partial charge is 0.362 e. The lowest BCUT2D eigenvalue weighted by Gasteiger charge is -2.28. The molecule has 0 radical (unpaired) electrons. The van der Waals surface area contributed by atoms with Gasteiger partial charge in [0.15, 0.2) is 5.17 Å². The first kappa shape index (κ1) is 13.0. The van der Waals surface area contributed by atoms with Crippen LogP contribution in [0.15, 0.2) is 35.3 Å². The molecule has 3 rings (SSSR count). The zero-order valence-electron chi connectivity index (χ0n) is 11.5. The summed E-state index contributed by atoms with van der Waals surface area (Å²) in [6, 6.07) is 11.4. The number of nitrogens with zero attached hydrogens (tertiary/aromatic N) is 1. The van der Waals surface area contributed by atoms with Gasteiger partial charge in [-0.3, -0.25) is 4.99 Å². The first-order chi connectivity index (χ1) is 9.33. The average molecular weight is 274 g/mol. The molecule has 102 valence electrons. The summed E-state index contributed by atoms with van der Waals surface area (Å²) in [7, 11) is 0. The van der Waals surface area contributed by atoms with E-state index < -0.39 is 0 Å². The van der Waals surface area contributed by atoms with Crippen molar-refractivity contribution in [2.75, 3.05) is 12.3 Å². The summed E-state index contributed by atoms with van der Waals surface area (Å²) in [6.07, 6.45) is 4.12. The van der Waals surface area contributed by atoms with Gasteiger partial charge in [0.2, 0.25) is 0 Å². The third-order valence-electron chi connectivity index (χ3n) is 4.28. The molecule has 0 bridgehead atoms. The maximum absolute atomic E-state index is 4.79. The van der Waals surface area contributed by atoms with Crippen molar-refractivity contribution in [3.63, 3.8) is 0 Å². The lowest BCUT2D eigenvalue weighted by Crippen LogP contribution is -2.41. The summed E-state index contributed by atoms with van der Waals surface area (Å²) >= 11 is 1.92. The topological polar surface area (TPSA) is 24.4 Å². The Morgan fingerprint density at radius 2 is 2.16 bits per heavy atom. The Labute approximate surface area is 120 Å². The Morgan fingerprint density at radius 1 is 1.32 bits per heavy atom. The van der Waals surface area contributed by atoms with Crippen LogP contribution in [0.25, 0.3) is 0 Å². The summed E-state index contributed by atoms with van der Waals surface area (Å²) < 4.78 is 0. The van der Waals surface area contributed by atoms with E-state index in [0.717, 1.165) is 12.5 Å². The van der Waals surface area contributed by atoms with Crippen LogP contribution in [0.5, 0.6) is 0 Å². The van der Waals surface area contributed by atoms with Gasteiger partial charge in [0.1, 0.15) is 0 Å². The van der Waals surface area contributed by atoms with Crippen LogP contribution in [-0.4, -0.2) is 23.5 Å². The molecule has 0 amide bonds. The molecule has 1 aliphatic heterocycles. The molecule has 1 aromatic carbocycles. The van der Waals surface area contributed by atoms with Gasteiger partial charge < -0.3 is 5.32 Å². The van der Waals surface area contributed by atoms with E-state index in [2.05, 4.69) is 42.6 Å². The van der Waals surface area contributed by atoms with Crippen LogP contribution in [0, 0.1) is 5.92 Å². The average Bonchev–Trinajstić information content (AvgIpc) is 2.93. The predicted octanol–water partition coefficient (Wildman–Crippen LogP) is 3.65.